The van der Waals surface area contributed by atoms with E-state index in [-0.39, 0.29) is 38.7 Å². The van der Waals surface area contributed by atoms with Crippen LogP contribution in [0.4, 0.5) is 5.82 Å². The number of rotatable bonds is 17. The first-order chi connectivity index (χ1) is 32.0. The van der Waals surface area contributed by atoms with Gasteiger partial charge in [-0.15, -0.1) is 0 Å². The molecule has 3 N–H and O–H groups in total. The zero-order valence-corrected chi connectivity index (χ0v) is 36.8. The summed E-state index contributed by atoms with van der Waals surface area (Å²) in [6.07, 6.45) is -1.69. The van der Waals surface area contributed by atoms with Crippen molar-refractivity contribution in [2.45, 2.75) is 69.2 Å². The number of amides is 1. The minimum absolute atomic E-state index is 0.0335. The number of aryl methyl sites for hydroxylation is 2. The van der Waals surface area contributed by atoms with Crippen molar-refractivity contribution in [2.75, 3.05) is 39.5 Å². The Hall–Kier alpha value is -6.73. The number of ether oxygens (including phenoxy) is 7. The zero-order valence-electron chi connectivity index (χ0n) is 36.8. The number of benzene rings is 4. The summed E-state index contributed by atoms with van der Waals surface area (Å²) < 4.78 is 45.7. The van der Waals surface area contributed by atoms with Crippen molar-refractivity contribution < 1.29 is 43.1 Å². The summed E-state index contributed by atoms with van der Waals surface area (Å²) in [5.74, 6) is 1.05. The highest BCUT2D eigenvalue weighted by Crippen LogP contribution is 2.43. The highest BCUT2D eigenvalue weighted by atomic mass is 16.7. The summed E-state index contributed by atoms with van der Waals surface area (Å²) in [4.78, 5) is 57.8. The Morgan fingerprint density at radius 2 is 1.33 bits per heavy atom. The molecule has 17 heteroatoms. The maximum absolute atomic E-state index is 13.2. The highest BCUT2D eigenvalue weighted by Gasteiger charge is 2.43. The van der Waals surface area contributed by atoms with Gasteiger partial charge in [-0.25, -0.2) is 9.59 Å². The molecule has 0 bridgehead atoms. The van der Waals surface area contributed by atoms with Gasteiger partial charge in [-0.05, 0) is 66.9 Å². The molecule has 2 aromatic heterocycles. The fourth-order valence-electron chi connectivity index (χ4n) is 8.28. The molecule has 2 fully saturated rings. The summed E-state index contributed by atoms with van der Waals surface area (Å²) in [7, 11) is 3.20. The van der Waals surface area contributed by atoms with Crippen LogP contribution in [0.15, 0.2) is 136 Å². The molecule has 0 aliphatic carbocycles. The summed E-state index contributed by atoms with van der Waals surface area (Å²) in [5.41, 5.74) is 0.707. The predicted octanol–water partition coefficient (Wildman–Crippen LogP) is 4.98. The lowest BCUT2D eigenvalue weighted by Crippen LogP contribution is -2.39. The normalized spacial score (nSPS) is 20.6. The molecule has 0 saturated carbocycles. The third-order valence-electron chi connectivity index (χ3n) is 11.8. The SMILES string of the molecule is COc1ccc(C(OC[C@H]2O[C@@H](n3cc(C)c(=O)[nH]c3=O)C[C@@H]2OCOC[C@H]2O[C@@H](n3cc(C)c(NC(=O)c4ccccc4)nc3=O)C[C@@H]2O)(c2ccccc2)c2ccc(OC)cc2)cc1. The Kier molecular flexibility index (Phi) is 14.0. The van der Waals surface area contributed by atoms with Crippen LogP contribution in [0.2, 0.25) is 0 Å². The molecule has 2 aliphatic rings. The van der Waals surface area contributed by atoms with Crippen molar-refractivity contribution in [1.82, 2.24) is 19.1 Å². The molecule has 66 heavy (non-hydrogen) atoms. The number of carbonyl (C=O) groups excluding carboxylic acids is 1. The predicted molar refractivity (Wildman–Crippen MR) is 241 cm³/mol. The van der Waals surface area contributed by atoms with Gasteiger partial charge in [0.05, 0.1) is 39.6 Å². The zero-order chi connectivity index (χ0) is 46.4. The van der Waals surface area contributed by atoms with Gasteiger partial charge in [0.1, 0.15) is 54.4 Å². The molecule has 0 unspecified atom stereocenters. The van der Waals surface area contributed by atoms with Crippen molar-refractivity contribution in [2.24, 2.45) is 0 Å². The van der Waals surface area contributed by atoms with Crippen molar-refractivity contribution in [3.63, 3.8) is 0 Å². The van der Waals surface area contributed by atoms with Gasteiger partial charge in [0, 0.05) is 41.9 Å². The van der Waals surface area contributed by atoms with E-state index in [4.69, 9.17) is 33.2 Å². The van der Waals surface area contributed by atoms with E-state index < -0.39 is 65.3 Å². The molecule has 344 valence electrons. The summed E-state index contributed by atoms with van der Waals surface area (Å²) in [6, 6.07) is 33.6. The molecule has 8 rings (SSSR count). The summed E-state index contributed by atoms with van der Waals surface area (Å²) >= 11 is 0. The van der Waals surface area contributed by atoms with Crippen LogP contribution in [0.1, 0.15) is 63.5 Å². The van der Waals surface area contributed by atoms with Crippen molar-refractivity contribution in [3.8, 4) is 11.5 Å². The molecule has 4 aromatic carbocycles. The number of methoxy groups -OCH3 is 2. The largest absolute Gasteiger partial charge is 0.497 e. The number of aliphatic hydroxyl groups is 1. The number of aromatic amines is 1. The van der Waals surface area contributed by atoms with Crippen molar-refractivity contribution in [3.05, 3.63) is 186 Å². The molecular weight excluding hydrogens is 851 g/mol. The molecule has 17 nitrogen and oxygen atoms in total. The van der Waals surface area contributed by atoms with E-state index in [9.17, 15) is 24.3 Å². The topological polar surface area (TPSA) is 204 Å². The van der Waals surface area contributed by atoms with Gasteiger partial charge in [0.25, 0.3) is 11.5 Å². The number of nitrogens with zero attached hydrogens (tertiary/aromatic N) is 3. The molecule has 6 atom stereocenters. The Labute approximate surface area is 379 Å². The molecule has 4 heterocycles. The minimum Gasteiger partial charge on any atom is -0.497 e. The second kappa shape index (κ2) is 20.2. The van der Waals surface area contributed by atoms with Crippen molar-refractivity contribution >= 4 is 11.7 Å². The first kappa shape index (κ1) is 45.8. The van der Waals surface area contributed by atoms with E-state index in [1.807, 2.05) is 78.9 Å². The number of nitrogens with one attached hydrogen (secondary N) is 2. The minimum atomic E-state index is -1.19. The molecule has 6 aromatic rings. The van der Waals surface area contributed by atoms with E-state index >= 15 is 0 Å². The smallest absolute Gasteiger partial charge is 0.351 e. The Morgan fingerprint density at radius 3 is 1.97 bits per heavy atom. The van der Waals surface area contributed by atoms with E-state index in [0.29, 0.717) is 28.2 Å². The average Bonchev–Trinajstić information content (AvgIpc) is 3.93. The number of carbonyl (C=O) groups is 1. The lowest BCUT2D eigenvalue weighted by atomic mass is 9.80. The molecular formula is C49H51N5O12. The second-order valence-corrected chi connectivity index (χ2v) is 16.1. The first-order valence-electron chi connectivity index (χ1n) is 21.4. The molecule has 0 spiro atoms. The van der Waals surface area contributed by atoms with Gasteiger partial charge in [-0.3, -0.25) is 23.7 Å². The fourth-order valence-corrected chi connectivity index (χ4v) is 8.28. The monoisotopic (exact) mass is 901 g/mol. The van der Waals surface area contributed by atoms with E-state index in [2.05, 4.69) is 15.3 Å². The van der Waals surface area contributed by atoms with Crippen LogP contribution < -0.4 is 31.7 Å². The number of aliphatic hydroxyl groups excluding tert-OH is 1. The first-order valence-corrected chi connectivity index (χ1v) is 21.4. The lowest BCUT2D eigenvalue weighted by molar-refractivity contribution is -0.151. The van der Waals surface area contributed by atoms with Crippen LogP contribution in [-0.4, -0.2) is 88.8 Å². The lowest BCUT2D eigenvalue weighted by Gasteiger charge is -2.37. The van der Waals surface area contributed by atoms with Gasteiger partial charge in [0.2, 0.25) is 0 Å². The maximum Gasteiger partial charge on any atom is 0.351 e. The third kappa shape index (κ3) is 9.77. The number of hydrogen-bond donors (Lipinski definition) is 3. The van der Waals surface area contributed by atoms with E-state index in [1.54, 1.807) is 58.4 Å². The maximum atomic E-state index is 13.2. The molecule has 0 radical (unpaired) electrons. The van der Waals surface area contributed by atoms with Gasteiger partial charge in [-0.1, -0.05) is 72.8 Å². The van der Waals surface area contributed by atoms with Crippen LogP contribution in [0, 0.1) is 13.8 Å². The number of hydrogen-bond acceptors (Lipinski definition) is 13. The summed E-state index contributed by atoms with van der Waals surface area (Å²) in [6.45, 7) is 2.92. The van der Waals surface area contributed by atoms with Crippen LogP contribution in [0.25, 0.3) is 0 Å². The number of aromatic nitrogens is 4. The van der Waals surface area contributed by atoms with Crippen LogP contribution in [0.5, 0.6) is 11.5 Å². The standard InChI is InChI=1S/C49H51N5O12/c1-30-25-53(47(58)51-44(30)50-46(57)32-11-7-5-8-12-32)42-23-38(55)40(65-42)27-62-29-63-39-24-43(54-26-31(2)45(56)52-48(54)59)66-41(39)28-64-49(33-13-9-6-10-14-33,34-15-19-36(60-3)20-16-34)35-17-21-37(61-4)22-18-35/h5-22,25-26,38-43,55H,23-24,27-29H2,1-4H3,(H,52,56,59)(H,50,51,57,58)/t38-,39-,40+,41+,42+,43+/m0/s1. The molecule has 1 amide bonds. The highest BCUT2D eigenvalue weighted by molar-refractivity contribution is 6.04. The molecule has 2 saturated heterocycles. The average molecular weight is 902 g/mol. The van der Waals surface area contributed by atoms with Crippen molar-refractivity contribution in [1.29, 1.82) is 0 Å². The number of H-pyrrole nitrogens is 1. The Balaban J connectivity index is 0.994. The fraction of sp³-hybridized carbons (Fsp3) is 0.327. The van der Waals surface area contributed by atoms with E-state index in [1.165, 1.54) is 21.5 Å². The van der Waals surface area contributed by atoms with Gasteiger partial charge in [0.15, 0.2) is 0 Å². The number of anilines is 1. The summed E-state index contributed by atoms with van der Waals surface area (Å²) in [5, 5.41) is 13.7. The van der Waals surface area contributed by atoms with Gasteiger partial charge >= 0.3 is 11.4 Å². The quantitative estimate of drug-likeness (QED) is 0.0629. The van der Waals surface area contributed by atoms with Crippen LogP contribution in [0.3, 0.4) is 0 Å². The van der Waals surface area contributed by atoms with E-state index in [0.717, 1.165) is 16.7 Å². The molecule has 2 aliphatic heterocycles. The Morgan fingerprint density at radius 1 is 0.758 bits per heavy atom. The van der Waals surface area contributed by atoms with Gasteiger partial charge in [-0.2, -0.15) is 4.98 Å². The van der Waals surface area contributed by atoms with Crippen LogP contribution in [-0.2, 0) is 29.3 Å². The second-order valence-electron chi connectivity index (χ2n) is 16.1. The third-order valence-corrected chi connectivity index (χ3v) is 11.8. The van der Waals surface area contributed by atoms with Crippen LogP contribution >= 0.6 is 0 Å². The Bertz CT molecular complexity index is 2730. The van der Waals surface area contributed by atoms with Gasteiger partial charge < -0.3 is 43.6 Å².